The highest BCUT2D eigenvalue weighted by Gasteiger charge is 2.28. The van der Waals surface area contributed by atoms with Gasteiger partial charge in [0.05, 0.1) is 6.54 Å². The molecule has 0 aromatic carbocycles. The molecule has 1 aliphatic rings. The van der Waals surface area contributed by atoms with Gasteiger partial charge in [-0.05, 0) is 25.2 Å². The Kier molecular flexibility index (Phi) is 6.20. The van der Waals surface area contributed by atoms with Crippen molar-refractivity contribution in [1.29, 1.82) is 0 Å². The van der Waals surface area contributed by atoms with Crippen LogP contribution in [0.4, 0.5) is 4.79 Å². The lowest BCUT2D eigenvalue weighted by atomic mass is 10.1. The van der Waals surface area contributed by atoms with Crippen LogP contribution in [0.25, 0.3) is 0 Å². The number of hydrogen-bond donors (Lipinski definition) is 2. The number of carboxylic acid groups (broad SMARTS) is 1. The standard InChI is InChI=1S/C14H22N2O3/c1-3-5-6-12(13(17)18)15-14(19)16(9-4-2)10-11-7-8-11/h2,11-12H,3,5-10H2,1H3,(H,15,19)(H,17,18)/t12-/m0/s1. The summed E-state index contributed by atoms with van der Waals surface area (Å²) in [6.45, 7) is 2.83. The quantitative estimate of drug-likeness (QED) is 0.657. The molecule has 0 saturated heterocycles. The highest BCUT2D eigenvalue weighted by molar-refractivity contribution is 5.82. The van der Waals surface area contributed by atoms with E-state index in [-0.39, 0.29) is 12.6 Å². The van der Waals surface area contributed by atoms with E-state index in [0.29, 0.717) is 18.9 Å². The van der Waals surface area contributed by atoms with Gasteiger partial charge in [-0.15, -0.1) is 6.42 Å². The van der Waals surface area contributed by atoms with Crippen LogP contribution in [0.2, 0.25) is 0 Å². The number of carbonyl (C=O) groups excluding carboxylic acids is 1. The van der Waals surface area contributed by atoms with Crippen molar-refractivity contribution in [3.05, 3.63) is 0 Å². The molecule has 0 radical (unpaired) electrons. The molecular weight excluding hydrogens is 244 g/mol. The second-order valence-electron chi connectivity index (χ2n) is 5.01. The Morgan fingerprint density at radius 2 is 2.21 bits per heavy atom. The lowest BCUT2D eigenvalue weighted by molar-refractivity contribution is -0.139. The number of carboxylic acids is 1. The van der Waals surface area contributed by atoms with E-state index in [9.17, 15) is 9.59 Å². The van der Waals surface area contributed by atoms with Gasteiger partial charge in [0.25, 0.3) is 0 Å². The average molecular weight is 266 g/mol. The number of amides is 2. The third kappa shape index (κ3) is 5.64. The Hall–Kier alpha value is -1.70. The molecule has 1 atom stereocenters. The van der Waals surface area contributed by atoms with Crippen LogP contribution in [0.3, 0.4) is 0 Å². The number of aliphatic carboxylic acids is 1. The normalized spacial score (nSPS) is 15.4. The predicted molar refractivity (Wildman–Crippen MR) is 72.6 cm³/mol. The van der Waals surface area contributed by atoms with Crippen LogP contribution in [0.1, 0.15) is 39.0 Å². The van der Waals surface area contributed by atoms with E-state index < -0.39 is 12.0 Å². The van der Waals surface area contributed by atoms with Gasteiger partial charge in [-0.3, -0.25) is 0 Å². The zero-order valence-electron chi connectivity index (χ0n) is 11.4. The van der Waals surface area contributed by atoms with Crippen LogP contribution in [-0.2, 0) is 4.79 Å². The molecule has 0 unspecified atom stereocenters. The van der Waals surface area contributed by atoms with Gasteiger partial charge in [0.2, 0.25) is 0 Å². The van der Waals surface area contributed by atoms with Crippen molar-refractivity contribution in [2.24, 2.45) is 5.92 Å². The molecule has 0 aliphatic heterocycles. The first-order valence-electron chi connectivity index (χ1n) is 6.80. The van der Waals surface area contributed by atoms with E-state index >= 15 is 0 Å². The average Bonchev–Trinajstić information content (AvgIpc) is 3.17. The zero-order valence-corrected chi connectivity index (χ0v) is 11.4. The second-order valence-corrected chi connectivity index (χ2v) is 5.01. The van der Waals surface area contributed by atoms with Crippen molar-refractivity contribution in [1.82, 2.24) is 10.2 Å². The molecule has 0 aromatic heterocycles. The number of carbonyl (C=O) groups is 2. The van der Waals surface area contributed by atoms with Crippen molar-refractivity contribution >= 4 is 12.0 Å². The van der Waals surface area contributed by atoms with Gasteiger partial charge in [-0.25, -0.2) is 9.59 Å². The lowest BCUT2D eigenvalue weighted by Gasteiger charge is -2.23. The third-order valence-corrected chi connectivity index (χ3v) is 3.19. The summed E-state index contributed by atoms with van der Waals surface area (Å²) in [6, 6.07) is -1.19. The molecule has 19 heavy (non-hydrogen) atoms. The van der Waals surface area contributed by atoms with E-state index in [1.807, 2.05) is 6.92 Å². The molecule has 0 bridgehead atoms. The van der Waals surface area contributed by atoms with Crippen LogP contribution < -0.4 is 5.32 Å². The van der Waals surface area contributed by atoms with Crippen molar-refractivity contribution in [3.8, 4) is 12.3 Å². The third-order valence-electron chi connectivity index (χ3n) is 3.19. The smallest absolute Gasteiger partial charge is 0.326 e. The summed E-state index contributed by atoms with van der Waals surface area (Å²) in [5.74, 6) is 1.98. The van der Waals surface area contributed by atoms with E-state index in [0.717, 1.165) is 25.7 Å². The molecule has 1 aliphatic carbocycles. The first kappa shape index (κ1) is 15.4. The first-order valence-corrected chi connectivity index (χ1v) is 6.80. The molecule has 5 nitrogen and oxygen atoms in total. The molecule has 5 heteroatoms. The summed E-state index contributed by atoms with van der Waals surface area (Å²) in [5, 5.41) is 11.6. The summed E-state index contributed by atoms with van der Waals surface area (Å²) < 4.78 is 0. The van der Waals surface area contributed by atoms with Crippen molar-refractivity contribution < 1.29 is 14.7 Å². The van der Waals surface area contributed by atoms with Gasteiger partial charge in [0, 0.05) is 6.54 Å². The van der Waals surface area contributed by atoms with Gasteiger partial charge in [0.1, 0.15) is 6.04 Å². The van der Waals surface area contributed by atoms with Crippen LogP contribution in [-0.4, -0.2) is 41.1 Å². The van der Waals surface area contributed by atoms with Gasteiger partial charge in [-0.2, -0.15) is 0 Å². The van der Waals surface area contributed by atoms with Crippen LogP contribution in [0, 0.1) is 18.3 Å². The number of terminal acetylenes is 1. The topological polar surface area (TPSA) is 69.6 Å². The number of nitrogens with zero attached hydrogens (tertiary/aromatic N) is 1. The summed E-state index contributed by atoms with van der Waals surface area (Å²) in [5.41, 5.74) is 0. The van der Waals surface area contributed by atoms with Crippen LogP contribution in [0.5, 0.6) is 0 Å². The van der Waals surface area contributed by atoms with Crippen molar-refractivity contribution in [2.75, 3.05) is 13.1 Å². The van der Waals surface area contributed by atoms with Crippen molar-refractivity contribution in [2.45, 2.75) is 45.1 Å². The van der Waals surface area contributed by atoms with E-state index in [1.54, 1.807) is 0 Å². The minimum atomic E-state index is -0.992. The summed E-state index contributed by atoms with van der Waals surface area (Å²) >= 11 is 0. The molecule has 0 spiro atoms. The van der Waals surface area contributed by atoms with Gasteiger partial charge < -0.3 is 15.3 Å². The van der Waals surface area contributed by atoms with Gasteiger partial charge in [0.15, 0.2) is 0 Å². The van der Waals surface area contributed by atoms with Gasteiger partial charge in [-0.1, -0.05) is 25.7 Å². The summed E-state index contributed by atoms with van der Waals surface area (Å²) in [6.07, 6.45) is 9.60. The minimum absolute atomic E-state index is 0.225. The Morgan fingerprint density at radius 1 is 1.53 bits per heavy atom. The SMILES string of the molecule is C#CCN(CC1CC1)C(=O)N[C@@H](CCCC)C(=O)O. The monoisotopic (exact) mass is 266 g/mol. The summed E-state index contributed by atoms with van der Waals surface area (Å²) in [7, 11) is 0. The number of hydrogen-bond acceptors (Lipinski definition) is 2. The molecule has 106 valence electrons. The Morgan fingerprint density at radius 3 is 2.68 bits per heavy atom. The molecular formula is C14H22N2O3. The van der Waals surface area contributed by atoms with Crippen LogP contribution in [0.15, 0.2) is 0 Å². The maximum absolute atomic E-state index is 12.0. The molecule has 0 heterocycles. The molecule has 2 N–H and O–H groups in total. The molecule has 1 fully saturated rings. The Labute approximate surface area is 114 Å². The molecule has 2 amide bonds. The molecule has 1 saturated carbocycles. The van der Waals surface area contributed by atoms with Gasteiger partial charge >= 0.3 is 12.0 Å². The minimum Gasteiger partial charge on any atom is -0.480 e. The fourth-order valence-electron chi connectivity index (χ4n) is 1.85. The van der Waals surface area contributed by atoms with E-state index in [4.69, 9.17) is 11.5 Å². The maximum Gasteiger partial charge on any atom is 0.326 e. The highest BCUT2D eigenvalue weighted by atomic mass is 16.4. The maximum atomic E-state index is 12.0. The lowest BCUT2D eigenvalue weighted by Crippen LogP contribution is -2.48. The Bertz CT molecular complexity index is 358. The molecule has 0 aromatic rings. The predicted octanol–water partition coefficient (Wildman–Crippen LogP) is 1.68. The number of unbranched alkanes of at least 4 members (excludes halogenated alkanes) is 1. The molecule has 1 rings (SSSR count). The fraction of sp³-hybridized carbons (Fsp3) is 0.714. The summed E-state index contributed by atoms with van der Waals surface area (Å²) in [4.78, 5) is 24.6. The first-order chi connectivity index (χ1) is 9.08. The van der Waals surface area contributed by atoms with E-state index in [1.165, 1.54) is 4.90 Å². The Balaban J connectivity index is 2.51. The van der Waals surface area contributed by atoms with Crippen LogP contribution >= 0.6 is 0 Å². The largest absolute Gasteiger partial charge is 0.480 e. The van der Waals surface area contributed by atoms with Crippen molar-refractivity contribution in [3.63, 3.8) is 0 Å². The number of rotatable bonds is 8. The highest BCUT2D eigenvalue weighted by Crippen LogP contribution is 2.29. The van der Waals surface area contributed by atoms with E-state index in [2.05, 4.69) is 11.2 Å². The number of nitrogens with one attached hydrogen (secondary N) is 1. The number of urea groups is 1. The fourth-order valence-corrected chi connectivity index (χ4v) is 1.85. The second kappa shape index (κ2) is 7.67. The zero-order chi connectivity index (χ0) is 14.3.